The van der Waals surface area contributed by atoms with Gasteiger partial charge in [0.25, 0.3) is 0 Å². The lowest BCUT2D eigenvalue weighted by atomic mass is 9.83. The monoisotopic (exact) mass is 422 g/mol. The smallest absolute Gasteiger partial charge is 0.334 e. The van der Waals surface area contributed by atoms with Crippen LogP contribution in [0.4, 0.5) is 0 Å². The molecule has 0 aromatic heterocycles. The molecule has 30 heavy (non-hydrogen) atoms. The molecule has 2 aliphatic rings. The number of carbonyl (C=O) groups is 3. The molecule has 0 aromatic carbocycles. The highest BCUT2D eigenvalue weighted by molar-refractivity contribution is 5.91. The van der Waals surface area contributed by atoms with Gasteiger partial charge in [-0.3, -0.25) is 9.59 Å². The predicted molar refractivity (Wildman–Crippen MR) is 107 cm³/mol. The quantitative estimate of drug-likeness (QED) is 0.287. The zero-order chi connectivity index (χ0) is 22.4. The second-order valence-electron chi connectivity index (χ2n) is 7.62. The summed E-state index contributed by atoms with van der Waals surface area (Å²) in [7, 11) is 0. The lowest BCUT2D eigenvalue weighted by molar-refractivity contribution is -0.171. The van der Waals surface area contributed by atoms with Crippen LogP contribution in [0.15, 0.2) is 35.5 Å². The van der Waals surface area contributed by atoms with Crippen molar-refractivity contribution in [2.75, 3.05) is 13.2 Å². The van der Waals surface area contributed by atoms with Gasteiger partial charge < -0.3 is 24.4 Å². The van der Waals surface area contributed by atoms with E-state index >= 15 is 0 Å². The van der Waals surface area contributed by atoms with Gasteiger partial charge in [0.05, 0.1) is 25.0 Å². The molecule has 1 fully saturated rings. The summed E-state index contributed by atoms with van der Waals surface area (Å²) in [5.41, 5.74) is 1.06. The summed E-state index contributed by atoms with van der Waals surface area (Å²) >= 11 is 0. The van der Waals surface area contributed by atoms with Crippen molar-refractivity contribution in [2.24, 2.45) is 11.8 Å². The first-order valence-electron chi connectivity index (χ1n) is 10.1. The Morgan fingerprint density at radius 2 is 2.00 bits per heavy atom. The molecule has 0 unspecified atom stereocenters. The van der Waals surface area contributed by atoms with Crippen molar-refractivity contribution in [3.05, 3.63) is 35.5 Å². The van der Waals surface area contributed by atoms with Crippen molar-refractivity contribution < 1.29 is 38.8 Å². The maximum atomic E-state index is 12.7. The van der Waals surface area contributed by atoms with Gasteiger partial charge in [0, 0.05) is 12.5 Å². The Morgan fingerprint density at radius 1 is 1.30 bits per heavy atom. The van der Waals surface area contributed by atoms with Gasteiger partial charge in [-0.05, 0) is 36.5 Å². The van der Waals surface area contributed by atoms with E-state index in [4.69, 9.17) is 14.2 Å². The highest BCUT2D eigenvalue weighted by atomic mass is 16.6. The molecule has 1 heterocycles. The Hall–Kier alpha value is -2.45. The van der Waals surface area contributed by atoms with Gasteiger partial charge in [-0.1, -0.05) is 26.5 Å². The Kier molecular flexibility index (Phi) is 8.37. The molecular weight excluding hydrogens is 392 g/mol. The van der Waals surface area contributed by atoms with E-state index in [0.29, 0.717) is 30.4 Å². The molecule has 1 saturated heterocycles. The molecule has 166 valence electrons. The van der Waals surface area contributed by atoms with Crippen LogP contribution in [0.2, 0.25) is 0 Å². The fraction of sp³-hybridized carbons (Fsp3) is 0.591. The highest BCUT2D eigenvalue weighted by Crippen LogP contribution is 2.37. The Balaban J connectivity index is 2.61. The molecule has 2 N–H and O–H groups in total. The fourth-order valence-electron chi connectivity index (χ4n) is 3.56. The van der Waals surface area contributed by atoms with Crippen LogP contribution < -0.4 is 0 Å². The summed E-state index contributed by atoms with van der Waals surface area (Å²) in [4.78, 5) is 36.8. The number of hydrogen-bond donors (Lipinski definition) is 2. The van der Waals surface area contributed by atoms with Crippen LogP contribution >= 0.6 is 0 Å². The molecule has 0 spiro atoms. The van der Waals surface area contributed by atoms with Gasteiger partial charge in [-0.25, -0.2) is 4.79 Å². The zero-order valence-electron chi connectivity index (χ0n) is 17.6. The van der Waals surface area contributed by atoms with Crippen LogP contribution in [0, 0.1) is 11.8 Å². The molecule has 8 nitrogen and oxygen atoms in total. The minimum absolute atomic E-state index is 0.0745. The number of allylic oxidation sites excluding steroid dienone is 1. The lowest BCUT2D eigenvalue weighted by Crippen LogP contribution is -2.46. The van der Waals surface area contributed by atoms with Crippen molar-refractivity contribution in [1.29, 1.82) is 0 Å². The number of carbonyl (C=O) groups excluding carboxylic acids is 3. The van der Waals surface area contributed by atoms with Gasteiger partial charge in [-0.2, -0.15) is 0 Å². The van der Waals surface area contributed by atoms with Crippen molar-refractivity contribution in [1.82, 2.24) is 0 Å². The maximum absolute atomic E-state index is 12.7. The third-order valence-electron chi connectivity index (χ3n) is 5.50. The average Bonchev–Trinajstić information content (AvgIpc) is 2.99. The number of hydrogen-bond acceptors (Lipinski definition) is 8. The average molecular weight is 422 g/mol. The molecular formula is C22H30O8. The molecule has 0 aromatic rings. The van der Waals surface area contributed by atoms with Crippen LogP contribution in [-0.4, -0.2) is 59.6 Å². The van der Waals surface area contributed by atoms with Gasteiger partial charge in [0.1, 0.15) is 6.10 Å². The van der Waals surface area contributed by atoms with E-state index in [1.54, 1.807) is 19.1 Å². The maximum Gasteiger partial charge on any atom is 0.334 e. The largest absolute Gasteiger partial charge is 0.457 e. The number of esters is 3. The minimum atomic E-state index is -1.13. The molecule has 1 aliphatic heterocycles. The molecule has 0 amide bonds. The first-order valence-corrected chi connectivity index (χ1v) is 10.1. The molecule has 0 bridgehead atoms. The molecule has 0 radical (unpaired) electrons. The Bertz CT molecular complexity index is 750. The topological polar surface area (TPSA) is 119 Å². The molecule has 8 heteroatoms. The van der Waals surface area contributed by atoms with Crippen LogP contribution in [0.5, 0.6) is 0 Å². The zero-order valence-corrected chi connectivity index (χ0v) is 17.6. The van der Waals surface area contributed by atoms with Crippen molar-refractivity contribution in [3.63, 3.8) is 0 Å². The number of aliphatic hydroxyl groups is 2. The van der Waals surface area contributed by atoms with Gasteiger partial charge in [0.15, 0.2) is 12.2 Å². The van der Waals surface area contributed by atoms with Crippen LogP contribution in [0.25, 0.3) is 0 Å². The van der Waals surface area contributed by atoms with E-state index in [9.17, 15) is 24.6 Å². The summed E-state index contributed by atoms with van der Waals surface area (Å²) in [5, 5.41) is 19.6. The summed E-state index contributed by atoms with van der Waals surface area (Å²) in [6.45, 7) is 7.89. The van der Waals surface area contributed by atoms with E-state index in [-0.39, 0.29) is 12.2 Å². The van der Waals surface area contributed by atoms with Crippen LogP contribution in [0.1, 0.15) is 40.0 Å². The second-order valence-corrected chi connectivity index (χ2v) is 7.62. The summed E-state index contributed by atoms with van der Waals surface area (Å²) in [6, 6.07) is 0. The first-order chi connectivity index (χ1) is 14.2. The SMILES string of the molecule is C=C1C(=O)O[C@@H]2/C=C(/CO)CC/C=C(\CO)[C@H](OC(C)=O)[C@@H](OC(=O)[C@H](C)CC)[C@@H]12. The fourth-order valence-corrected chi connectivity index (χ4v) is 3.56. The number of rotatable bonds is 6. The van der Waals surface area contributed by atoms with Crippen LogP contribution in [-0.2, 0) is 28.6 Å². The van der Waals surface area contributed by atoms with Crippen molar-refractivity contribution in [2.45, 2.75) is 58.3 Å². The third-order valence-corrected chi connectivity index (χ3v) is 5.50. The summed E-state index contributed by atoms with van der Waals surface area (Å²) < 4.78 is 16.7. The Labute approximate surface area is 176 Å². The van der Waals surface area contributed by atoms with Gasteiger partial charge in [-0.15, -0.1) is 0 Å². The highest BCUT2D eigenvalue weighted by Gasteiger charge is 2.49. The van der Waals surface area contributed by atoms with E-state index in [0.717, 1.165) is 0 Å². The van der Waals surface area contributed by atoms with Crippen LogP contribution in [0.3, 0.4) is 0 Å². The number of aliphatic hydroxyl groups excluding tert-OH is 2. The number of fused-ring (bicyclic) bond motifs is 1. The lowest BCUT2D eigenvalue weighted by Gasteiger charge is -2.34. The third kappa shape index (κ3) is 5.37. The standard InChI is InChI=1S/C22H30O8/c1-5-12(2)21(26)30-20-18-13(3)22(27)29-17(18)9-15(10-23)7-6-8-16(11-24)19(20)28-14(4)25/h8-9,12,17-20,23-24H,3,5-7,10-11H2,1-2,4H3/b15-9+,16-8+/t12-,17-,18+,19+,20+/m1/s1. The summed E-state index contributed by atoms with van der Waals surface area (Å²) in [5.74, 6) is -3.07. The van der Waals surface area contributed by atoms with E-state index in [2.05, 4.69) is 6.58 Å². The van der Waals surface area contributed by atoms with Crippen molar-refractivity contribution >= 4 is 17.9 Å². The molecule has 0 saturated carbocycles. The first kappa shape index (κ1) is 23.8. The predicted octanol–water partition coefficient (Wildman–Crippen LogP) is 1.60. The van der Waals surface area contributed by atoms with E-state index in [1.165, 1.54) is 6.92 Å². The molecule has 1 aliphatic carbocycles. The molecule has 5 atom stereocenters. The second kappa shape index (κ2) is 10.5. The molecule has 2 rings (SSSR count). The van der Waals surface area contributed by atoms with E-state index in [1.807, 2.05) is 6.92 Å². The van der Waals surface area contributed by atoms with Gasteiger partial charge in [0.2, 0.25) is 0 Å². The van der Waals surface area contributed by atoms with E-state index < -0.39 is 54.7 Å². The normalized spacial score (nSPS) is 31.4. The number of ether oxygens (including phenoxy) is 3. The Morgan fingerprint density at radius 3 is 2.57 bits per heavy atom. The minimum Gasteiger partial charge on any atom is -0.457 e. The summed E-state index contributed by atoms with van der Waals surface area (Å²) in [6.07, 6.45) is 1.67. The van der Waals surface area contributed by atoms with Gasteiger partial charge >= 0.3 is 17.9 Å². The van der Waals surface area contributed by atoms with Crippen molar-refractivity contribution in [3.8, 4) is 0 Å².